The summed E-state index contributed by atoms with van der Waals surface area (Å²) in [5, 5.41) is 3.35. The van der Waals surface area contributed by atoms with Crippen LogP contribution in [-0.2, 0) is 14.8 Å². The lowest BCUT2D eigenvalue weighted by atomic mass is 10.2. The lowest BCUT2D eigenvalue weighted by Crippen LogP contribution is -2.31. The van der Waals surface area contributed by atoms with Crippen LogP contribution < -0.4 is 9.62 Å². The maximum Gasteiger partial charge on any atom is 0.232 e. The Hall–Kier alpha value is -2.05. The number of para-hydroxylation sites is 1. The number of nitrogens with one attached hydrogen (secondary N) is 1. The van der Waals surface area contributed by atoms with Crippen molar-refractivity contribution in [2.75, 3.05) is 22.4 Å². The molecule has 2 aromatic rings. The molecule has 0 aliphatic heterocycles. The summed E-state index contributed by atoms with van der Waals surface area (Å²) in [5.41, 5.74) is 1.26. The average Bonchev–Trinajstić information content (AvgIpc) is 2.53. The van der Waals surface area contributed by atoms with Crippen LogP contribution in [0.4, 0.5) is 11.4 Å². The Balaban J connectivity index is 1.91. The van der Waals surface area contributed by atoms with E-state index in [9.17, 15) is 13.2 Å². The fourth-order valence-electron chi connectivity index (χ4n) is 2.22. The van der Waals surface area contributed by atoms with Gasteiger partial charge in [0, 0.05) is 23.7 Å². The highest BCUT2D eigenvalue weighted by molar-refractivity contribution is 7.92. The minimum Gasteiger partial charge on any atom is -0.326 e. The molecular formula is C17H19ClN2O3S. The molecule has 0 aliphatic rings. The van der Waals surface area contributed by atoms with E-state index in [1.165, 1.54) is 4.31 Å². The first-order chi connectivity index (χ1) is 11.4. The van der Waals surface area contributed by atoms with Crippen LogP contribution in [0.2, 0.25) is 5.02 Å². The zero-order valence-electron chi connectivity index (χ0n) is 13.3. The Labute approximate surface area is 147 Å². The van der Waals surface area contributed by atoms with Gasteiger partial charge < -0.3 is 5.32 Å². The second-order valence-corrected chi connectivity index (χ2v) is 7.67. The van der Waals surface area contributed by atoms with E-state index < -0.39 is 10.0 Å². The minimum absolute atomic E-state index is 0.168. The van der Waals surface area contributed by atoms with Gasteiger partial charge in [-0.2, -0.15) is 0 Å². The number of rotatable bonds is 7. The molecule has 0 radical (unpaired) electrons. The molecule has 0 atom stereocenters. The number of carbonyl (C=O) groups is 1. The summed E-state index contributed by atoms with van der Waals surface area (Å²) in [6.45, 7) is 0.247. The summed E-state index contributed by atoms with van der Waals surface area (Å²) < 4.78 is 25.2. The number of halogens is 1. The van der Waals surface area contributed by atoms with Gasteiger partial charge in [-0.3, -0.25) is 9.10 Å². The summed E-state index contributed by atoms with van der Waals surface area (Å²) in [6.07, 6.45) is 1.80. The number of hydrogen-bond donors (Lipinski definition) is 1. The van der Waals surface area contributed by atoms with E-state index >= 15 is 0 Å². The lowest BCUT2D eigenvalue weighted by molar-refractivity contribution is -0.116. The molecule has 1 N–H and O–H groups in total. The van der Waals surface area contributed by atoms with E-state index in [0.29, 0.717) is 22.8 Å². The molecule has 0 unspecified atom stereocenters. The van der Waals surface area contributed by atoms with Crippen molar-refractivity contribution < 1.29 is 13.2 Å². The van der Waals surface area contributed by atoms with Crippen molar-refractivity contribution in [1.29, 1.82) is 0 Å². The standard InChI is InChI=1S/C17H19ClN2O3S/c1-24(22,23)20(16-6-3-2-4-7-16)13-5-8-17(21)19-15-11-9-14(18)10-12-15/h2-4,6-7,9-12H,5,8,13H2,1H3,(H,19,21). The molecule has 0 bridgehead atoms. The number of carbonyl (C=O) groups excluding carboxylic acids is 1. The number of hydrogen-bond acceptors (Lipinski definition) is 3. The summed E-state index contributed by atoms with van der Waals surface area (Å²) in [4.78, 5) is 12.0. The fraction of sp³-hybridized carbons (Fsp3) is 0.235. The Morgan fingerprint density at radius 3 is 2.29 bits per heavy atom. The van der Waals surface area contributed by atoms with Crippen molar-refractivity contribution in [3.05, 3.63) is 59.6 Å². The smallest absolute Gasteiger partial charge is 0.232 e. The topological polar surface area (TPSA) is 66.5 Å². The van der Waals surface area contributed by atoms with Gasteiger partial charge >= 0.3 is 0 Å². The van der Waals surface area contributed by atoms with E-state index in [1.807, 2.05) is 6.07 Å². The average molecular weight is 367 g/mol. The van der Waals surface area contributed by atoms with E-state index in [0.717, 1.165) is 6.26 Å². The van der Waals surface area contributed by atoms with Crippen LogP contribution >= 0.6 is 11.6 Å². The Morgan fingerprint density at radius 2 is 1.71 bits per heavy atom. The van der Waals surface area contributed by atoms with Crippen LogP contribution in [0.15, 0.2) is 54.6 Å². The molecule has 0 spiro atoms. The third kappa shape index (κ3) is 5.54. The van der Waals surface area contributed by atoms with Crippen LogP contribution in [-0.4, -0.2) is 27.1 Å². The van der Waals surface area contributed by atoms with Gasteiger partial charge in [0.05, 0.1) is 11.9 Å². The molecule has 2 aromatic carbocycles. The lowest BCUT2D eigenvalue weighted by Gasteiger charge is -2.22. The maximum absolute atomic E-state index is 12.0. The van der Waals surface area contributed by atoms with Crippen molar-refractivity contribution in [2.24, 2.45) is 0 Å². The normalized spacial score (nSPS) is 11.1. The zero-order chi connectivity index (χ0) is 17.6. The van der Waals surface area contributed by atoms with Crippen molar-refractivity contribution in [1.82, 2.24) is 0 Å². The summed E-state index contributed by atoms with van der Waals surface area (Å²) in [7, 11) is -3.39. The number of benzene rings is 2. The van der Waals surface area contributed by atoms with Crippen molar-refractivity contribution >= 4 is 38.9 Å². The van der Waals surface area contributed by atoms with Crippen molar-refractivity contribution in [3.63, 3.8) is 0 Å². The zero-order valence-corrected chi connectivity index (χ0v) is 14.8. The van der Waals surface area contributed by atoms with Gasteiger partial charge in [0.25, 0.3) is 0 Å². The molecule has 0 saturated heterocycles. The van der Waals surface area contributed by atoms with E-state index in [2.05, 4.69) is 5.32 Å². The fourth-order valence-corrected chi connectivity index (χ4v) is 3.31. The van der Waals surface area contributed by atoms with E-state index in [1.54, 1.807) is 48.5 Å². The number of nitrogens with zero attached hydrogens (tertiary/aromatic N) is 1. The molecule has 5 nitrogen and oxygen atoms in total. The largest absolute Gasteiger partial charge is 0.326 e. The molecule has 0 heterocycles. The first kappa shape index (κ1) is 18.3. The van der Waals surface area contributed by atoms with Gasteiger partial charge in [0.1, 0.15) is 0 Å². The molecule has 128 valence electrons. The number of amides is 1. The van der Waals surface area contributed by atoms with Gasteiger partial charge in [-0.1, -0.05) is 29.8 Å². The van der Waals surface area contributed by atoms with Crippen LogP contribution in [0.5, 0.6) is 0 Å². The molecule has 0 aliphatic carbocycles. The molecule has 7 heteroatoms. The Morgan fingerprint density at radius 1 is 1.08 bits per heavy atom. The van der Waals surface area contributed by atoms with Crippen LogP contribution in [0.25, 0.3) is 0 Å². The highest BCUT2D eigenvalue weighted by Gasteiger charge is 2.17. The van der Waals surface area contributed by atoms with E-state index in [-0.39, 0.29) is 18.9 Å². The molecular weight excluding hydrogens is 348 g/mol. The number of anilines is 2. The van der Waals surface area contributed by atoms with Crippen LogP contribution in [0.3, 0.4) is 0 Å². The Bertz CT molecular complexity index is 777. The SMILES string of the molecule is CS(=O)(=O)N(CCCC(=O)Nc1ccc(Cl)cc1)c1ccccc1. The third-order valence-corrected chi connectivity index (χ3v) is 4.78. The maximum atomic E-state index is 12.0. The van der Waals surface area contributed by atoms with Gasteiger partial charge in [0.2, 0.25) is 15.9 Å². The quantitative estimate of drug-likeness (QED) is 0.815. The van der Waals surface area contributed by atoms with Crippen molar-refractivity contribution in [2.45, 2.75) is 12.8 Å². The van der Waals surface area contributed by atoms with Gasteiger partial charge in [0.15, 0.2) is 0 Å². The second kappa shape index (κ2) is 8.17. The van der Waals surface area contributed by atoms with E-state index in [4.69, 9.17) is 11.6 Å². The summed E-state index contributed by atoms with van der Waals surface area (Å²) in [6, 6.07) is 15.7. The van der Waals surface area contributed by atoms with Crippen molar-refractivity contribution in [3.8, 4) is 0 Å². The predicted molar refractivity (Wildman–Crippen MR) is 97.9 cm³/mol. The van der Waals surface area contributed by atoms with Gasteiger partial charge in [-0.15, -0.1) is 0 Å². The predicted octanol–water partition coefficient (Wildman–Crippen LogP) is 3.52. The summed E-state index contributed by atoms with van der Waals surface area (Å²) >= 11 is 5.79. The van der Waals surface area contributed by atoms with Crippen LogP contribution in [0.1, 0.15) is 12.8 Å². The molecule has 1 amide bonds. The number of sulfonamides is 1. The molecule has 0 aromatic heterocycles. The first-order valence-corrected chi connectivity index (χ1v) is 9.67. The molecule has 24 heavy (non-hydrogen) atoms. The summed E-state index contributed by atoms with van der Waals surface area (Å²) in [5.74, 6) is -0.168. The minimum atomic E-state index is -3.39. The molecule has 2 rings (SSSR count). The first-order valence-electron chi connectivity index (χ1n) is 7.44. The van der Waals surface area contributed by atoms with Crippen LogP contribution in [0, 0.1) is 0 Å². The molecule has 0 saturated carbocycles. The highest BCUT2D eigenvalue weighted by Crippen LogP contribution is 2.18. The highest BCUT2D eigenvalue weighted by atomic mass is 35.5. The van der Waals surface area contributed by atoms with Gasteiger partial charge in [-0.25, -0.2) is 8.42 Å². The third-order valence-electron chi connectivity index (χ3n) is 3.34. The molecule has 0 fully saturated rings. The Kier molecular flexibility index (Phi) is 6.23. The monoisotopic (exact) mass is 366 g/mol. The second-order valence-electron chi connectivity index (χ2n) is 5.33. The van der Waals surface area contributed by atoms with Gasteiger partial charge in [-0.05, 0) is 42.8 Å².